The summed E-state index contributed by atoms with van der Waals surface area (Å²) in [5.74, 6) is 0.368. The number of hydrogen-bond donors (Lipinski definition) is 0. The second kappa shape index (κ2) is 8.18. The maximum absolute atomic E-state index is 13.1. The molecule has 24 heavy (non-hydrogen) atoms. The molecule has 1 spiro atoms. The molecule has 0 aromatic carbocycles. The van der Waals surface area contributed by atoms with Gasteiger partial charge in [0.2, 0.25) is 5.91 Å². The normalized spacial score (nSPS) is 27.1. The van der Waals surface area contributed by atoms with Crippen molar-refractivity contribution in [3.05, 3.63) is 0 Å². The molecular weight excluding hydrogens is 300 g/mol. The van der Waals surface area contributed by atoms with Gasteiger partial charge in [-0.25, -0.2) is 0 Å². The van der Waals surface area contributed by atoms with Crippen LogP contribution >= 0.6 is 0 Å². The Labute approximate surface area is 147 Å². The third-order valence-electron chi connectivity index (χ3n) is 6.96. The number of likely N-dealkylation sites (tertiary alicyclic amines) is 1. The van der Waals surface area contributed by atoms with Gasteiger partial charge in [-0.3, -0.25) is 9.69 Å². The summed E-state index contributed by atoms with van der Waals surface area (Å²) in [6.07, 6.45) is 11.2. The lowest BCUT2D eigenvalue weighted by atomic mass is 9.72. The second-order valence-corrected chi connectivity index (χ2v) is 8.24. The van der Waals surface area contributed by atoms with E-state index in [9.17, 15) is 4.79 Å². The predicted octanol–water partition coefficient (Wildman–Crippen LogP) is 3.45. The molecule has 3 rings (SSSR count). The Morgan fingerprint density at radius 1 is 1.12 bits per heavy atom. The molecule has 1 aliphatic carbocycles. The van der Waals surface area contributed by atoms with Gasteiger partial charge in [-0.1, -0.05) is 19.3 Å². The van der Waals surface area contributed by atoms with E-state index in [2.05, 4.69) is 23.6 Å². The molecule has 0 radical (unpaired) electrons. The average molecular weight is 337 g/mol. The van der Waals surface area contributed by atoms with Crippen molar-refractivity contribution in [3.63, 3.8) is 0 Å². The number of amides is 1. The number of nitrogens with zero attached hydrogens (tertiary/aromatic N) is 2. The molecule has 1 saturated carbocycles. The number of piperidine rings is 1. The molecular formula is C20H36N2O2. The maximum atomic E-state index is 13.1. The molecule has 1 amide bonds. The predicted molar refractivity (Wildman–Crippen MR) is 97.0 cm³/mol. The summed E-state index contributed by atoms with van der Waals surface area (Å²) in [6, 6.07) is 0.536. The van der Waals surface area contributed by atoms with E-state index in [-0.39, 0.29) is 6.04 Å². The smallest absolute Gasteiger partial charge is 0.239 e. The van der Waals surface area contributed by atoms with Gasteiger partial charge in [0.25, 0.3) is 0 Å². The number of ether oxygens (including phenoxy) is 1. The van der Waals surface area contributed by atoms with Crippen LogP contribution in [0.3, 0.4) is 0 Å². The van der Waals surface area contributed by atoms with Gasteiger partial charge in [0.15, 0.2) is 0 Å². The maximum Gasteiger partial charge on any atom is 0.239 e. The van der Waals surface area contributed by atoms with Crippen LogP contribution in [0.1, 0.15) is 71.6 Å². The van der Waals surface area contributed by atoms with E-state index in [1.54, 1.807) is 0 Å². The zero-order valence-electron chi connectivity index (χ0n) is 15.8. The van der Waals surface area contributed by atoms with Crippen LogP contribution in [0.15, 0.2) is 0 Å². The summed E-state index contributed by atoms with van der Waals surface area (Å²) in [4.78, 5) is 17.7. The monoisotopic (exact) mass is 336 g/mol. The Kier molecular flexibility index (Phi) is 6.20. The largest absolute Gasteiger partial charge is 0.381 e. The van der Waals surface area contributed by atoms with Crippen LogP contribution in [0.5, 0.6) is 0 Å². The minimum atomic E-state index is 0.0454. The van der Waals surface area contributed by atoms with E-state index in [0.717, 1.165) is 32.8 Å². The van der Waals surface area contributed by atoms with Gasteiger partial charge in [0.1, 0.15) is 0 Å². The SMILES string of the molecule is CCN(C(=O)C(C)N1CCC2(CCOCC2)CC1)C1CCCCC1. The Morgan fingerprint density at radius 2 is 1.75 bits per heavy atom. The van der Waals surface area contributed by atoms with Crippen molar-refractivity contribution >= 4 is 5.91 Å². The quantitative estimate of drug-likeness (QED) is 0.788. The zero-order valence-corrected chi connectivity index (χ0v) is 15.8. The first-order valence-corrected chi connectivity index (χ1v) is 10.3. The van der Waals surface area contributed by atoms with E-state index >= 15 is 0 Å². The minimum absolute atomic E-state index is 0.0454. The van der Waals surface area contributed by atoms with Crippen LogP contribution in [0.4, 0.5) is 0 Å². The number of carbonyl (C=O) groups is 1. The van der Waals surface area contributed by atoms with Crippen LogP contribution in [0, 0.1) is 5.41 Å². The van der Waals surface area contributed by atoms with E-state index in [4.69, 9.17) is 4.74 Å². The highest BCUT2D eigenvalue weighted by Gasteiger charge is 2.39. The van der Waals surface area contributed by atoms with Gasteiger partial charge in [-0.2, -0.15) is 0 Å². The molecule has 2 heterocycles. The molecule has 0 aromatic heterocycles. The Bertz CT molecular complexity index is 404. The molecule has 4 nitrogen and oxygen atoms in total. The summed E-state index contributed by atoms with van der Waals surface area (Å²) in [6.45, 7) is 9.16. The highest BCUT2D eigenvalue weighted by atomic mass is 16.5. The summed E-state index contributed by atoms with van der Waals surface area (Å²) in [7, 11) is 0. The Morgan fingerprint density at radius 3 is 2.33 bits per heavy atom. The van der Waals surface area contributed by atoms with Crippen molar-refractivity contribution in [2.45, 2.75) is 83.7 Å². The molecule has 3 fully saturated rings. The summed E-state index contributed by atoms with van der Waals surface area (Å²) in [5, 5.41) is 0. The molecule has 0 aromatic rings. The molecule has 1 atom stereocenters. The number of hydrogen-bond acceptors (Lipinski definition) is 3. The van der Waals surface area contributed by atoms with Gasteiger partial charge < -0.3 is 9.64 Å². The lowest BCUT2D eigenvalue weighted by Gasteiger charge is -2.46. The van der Waals surface area contributed by atoms with Gasteiger partial charge in [-0.15, -0.1) is 0 Å². The van der Waals surface area contributed by atoms with Crippen molar-refractivity contribution in [1.82, 2.24) is 9.80 Å². The molecule has 1 unspecified atom stereocenters. The van der Waals surface area contributed by atoms with Gasteiger partial charge in [-0.05, 0) is 70.9 Å². The number of rotatable bonds is 4. The molecule has 0 bridgehead atoms. The third-order valence-corrected chi connectivity index (χ3v) is 6.96. The van der Waals surface area contributed by atoms with Gasteiger partial charge in [0, 0.05) is 25.8 Å². The minimum Gasteiger partial charge on any atom is -0.381 e. The summed E-state index contributed by atoms with van der Waals surface area (Å²) >= 11 is 0. The molecule has 2 aliphatic heterocycles. The summed E-state index contributed by atoms with van der Waals surface area (Å²) < 4.78 is 5.55. The fourth-order valence-corrected chi connectivity index (χ4v) is 5.07. The highest BCUT2D eigenvalue weighted by Crippen LogP contribution is 2.41. The standard InChI is InChI=1S/C20H36N2O2/c1-3-22(18-7-5-4-6-8-18)19(23)17(2)21-13-9-20(10-14-21)11-15-24-16-12-20/h17-18H,3-16H2,1-2H3. The van der Waals surface area contributed by atoms with E-state index in [1.807, 2.05) is 0 Å². The first-order valence-electron chi connectivity index (χ1n) is 10.3. The zero-order chi connectivity index (χ0) is 17.0. The van der Waals surface area contributed by atoms with Crippen LogP contribution in [0.2, 0.25) is 0 Å². The van der Waals surface area contributed by atoms with Gasteiger partial charge in [0.05, 0.1) is 6.04 Å². The van der Waals surface area contributed by atoms with Crippen molar-refractivity contribution in [1.29, 1.82) is 0 Å². The first-order chi connectivity index (χ1) is 11.7. The van der Waals surface area contributed by atoms with E-state index in [0.29, 0.717) is 17.4 Å². The lowest BCUT2D eigenvalue weighted by Crippen LogP contribution is -2.54. The Hall–Kier alpha value is -0.610. The summed E-state index contributed by atoms with van der Waals surface area (Å²) in [5.41, 5.74) is 0.505. The topological polar surface area (TPSA) is 32.8 Å². The average Bonchev–Trinajstić information content (AvgIpc) is 2.64. The van der Waals surface area contributed by atoms with Crippen LogP contribution < -0.4 is 0 Å². The van der Waals surface area contributed by atoms with Crippen molar-refractivity contribution in [3.8, 4) is 0 Å². The second-order valence-electron chi connectivity index (χ2n) is 8.24. The van der Waals surface area contributed by atoms with Crippen molar-refractivity contribution in [2.75, 3.05) is 32.8 Å². The van der Waals surface area contributed by atoms with Crippen LogP contribution in [0.25, 0.3) is 0 Å². The Balaban J connectivity index is 1.55. The highest BCUT2D eigenvalue weighted by molar-refractivity contribution is 5.81. The number of likely N-dealkylation sites (N-methyl/N-ethyl adjacent to an activating group) is 1. The fraction of sp³-hybridized carbons (Fsp3) is 0.950. The molecule has 0 N–H and O–H groups in total. The molecule has 4 heteroatoms. The third kappa shape index (κ3) is 3.96. The molecule has 2 saturated heterocycles. The van der Waals surface area contributed by atoms with Crippen LogP contribution in [-0.2, 0) is 9.53 Å². The first kappa shape index (κ1) is 18.2. The number of carbonyl (C=O) groups excluding carboxylic acids is 1. The molecule has 138 valence electrons. The fourth-order valence-electron chi connectivity index (χ4n) is 5.07. The lowest BCUT2D eigenvalue weighted by molar-refractivity contribution is -0.140. The van der Waals surface area contributed by atoms with Crippen molar-refractivity contribution in [2.24, 2.45) is 5.41 Å². The van der Waals surface area contributed by atoms with Crippen LogP contribution in [-0.4, -0.2) is 60.6 Å². The van der Waals surface area contributed by atoms with Gasteiger partial charge >= 0.3 is 0 Å². The molecule has 3 aliphatic rings. The van der Waals surface area contributed by atoms with E-state index < -0.39 is 0 Å². The van der Waals surface area contributed by atoms with E-state index in [1.165, 1.54) is 57.8 Å². The van der Waals surface area contributed by atoms with Crippen molar-refractivity contribution < 1.29 is 9.53 Å².